The smallest absolute Gasteiger partial charge is 0.115 e. The fourth-order valence-electron chi connectivity index (χ4n) is 2.30. The lowest BCUT2D eigenvalue weighted by Gasteiger charge is -2.23. The van der Waals surface area contributed by atoms with E-state index in [0.29, 0.717) is 11.8 Å². The highest BCUT2D eigenvalue weighted by Gasteiger charge is 2.13. The normalized spacial score (nSPS) is 14.0. The van der Waals surface area contributed by atoms with Crippen molar-refractivity contribution in [3.8, 4) is 5.75 Å². The van der Waals surface area contributed by atoms with E-state index in [1.54, 1.807) is 12.1 Å². The maximum absolute atomic E-state index is 9.32. The van der Waals surface area contributed by atoms with E-state index in [0.717, 1.165) is 6.42 Å². The minimum atomic E-state index is 0.255. The third-order valence-corrected chi connectivity index (χ3v) is 3.45. The highest BCUT2D eigenvalue weighted by Crippen LogP contribution is 2.23. The lowest BCUT2D eigenvalue weighted by Crippen LogP contribution is -2.24. The van der Waals surface area contributed by atoms with E-state index in [2.05, 4.69) is 43.4 Å². The molecule has 0 bridgehead atoms. The second-order valence-electron chi connectivity index (χ2n) is 4.85. The third-order valence-electron chi connectivity index (χ3n) is 3.45. The van der Waals surface area contributed by atoms with Crippen LogP contribution >= 0.6 is 0 Å². The van der Waals surface area contributed by atoms with E-state index in [4.69, 9.17) is 0 Å². The molecule has 0 heterocycles. The molecule has 2 atom stereocenters. The van der Waals surface area contributed by atoms with Crippen molar-refractivity contribution in [3.05, 3.63) is 65.7 Å². The Bertz CT molecular complexity index is 492. The van der Waals surface area contributed by atoms with Gasteiger partial charge in [0.05, 0.1) is 0 Å². The summed E-state index contributed by atoms with van der Waals surface area (Å²) in [6.45, 7) is 4.34. The first-order chi connectivity index (χ1) is 9.20. The molecule has 0 aliphatic rings. The van der Waals surface area contributed by atoms with Crippen molar-refractivity contribution >= 4 is 0 Å². The summed E-state index contributed by atoms with van der Waals surface area (Å²) in [5.41, 5.74) is 2.50. The van der Waals surface area contributed by atoms with E-state index in [1.165, 1.54) is 11.1 Å². The molecule has 2 aromatic rings. The summed E-state index contributed by atoms with van der Waals surface area (Å²) in [5.74, 6) is 0.311. The Morgan fingerprint density at radius 1 is 0.947 bits per heavy atom. The number of aromatic hydroxyl groups is 1. The standard InChI is InChI=1S/C17H21NO/c1-3-17(15-7-5-4-6-8-15)18-13(2)14-9-11-16(19)12-10-14/h4-13,17-19H,3H2,1-2H3. The van der Waals surface area contributed by atoms with Gasteiger partial charge in [-0.25, -0.2) is 0 Å². The first-order valence-corrected chi connectivity index (χ1v) is 6.80. The number of hydrogen-bond donors (Lipinski definition) is 2. The molecule has 0 fully saturated rings. The van der Waals surface area contributed by atoms with Crippen molar-refractivity contribution in [1.29, 1.82) is 0 Å². The third kappa shape index (κ3) is 3.58. The Hall–Kier alpha value is -1.80. The number of benzene rings is 2. The zero-order valence-electron chi connectivity index (χ0n) is 11.5. The first kappa shape index (κ1) is 13.6. The largest absolute Gasteiger partial charge is 0.508 e. The number of nitrogens with one attached hydrogen (secondary N) is 1. The first-order valence-electron chi connectivity index (χ1n) is 6.80. The van der Waals surface area contributed by atoms with Crippen molar-refractivity contribution in [1.82, 2.24) is 5.32 Å². The quantitative estimate of drug-likeness (QED) is 0.839. The molecule has 0 amide bonds. The minimum Gasteiger partial charge on any atom is -0.508 e. The van der Waals surface area contributed by atoms with Gasteiger partial charge in [-0.3, -0.25) is 0 Å². The molecule has 0 spiro atoms. The fraction of sp³-hybridized carbons (Fsp3) is 0.294. The average Bonchev–Trinajstić information content (AvgIpc) is 2.46. The molecule has 2 rings (SSSR count). The lowest BCUT2D eigenvalue weighted by molar-refractivity contribution is 0.454. The average molecular weight is 255 g/mol. The maximum Gasteiger partial charge on any atom is 0.115 e. The monoisotopic (exact) mass is 255 g/mol. The van der Waals surface area contributed by atoms with Crippen LogP contribution in [0.15, 0.2) is 54.6 Å². The van der Waals surface area contributed by atoms with Crippen LogP contribution < -0.4 is 5.32 Å². The van der Waals surface area contributed by atoms with Crippen molar-refractivity contribution in [2.75, 3.05) is 0 Å². The maximum atomic E-state index is 9.32. The van der Waals surface area contributed by atoms with Gasteiger partial charge < -0.3 is 10.4 Å². The van der Waals surface area contributed by atoms with Gasteiger partial charge in [-0.2, -0.15) is 0 Å². The zero-order chi connectivity index (χ0) is 13.7. The summed E-state index contributed by atoms with van der Waals surface area (Å²) in [6, 6.07) is 18.5. The van der Waals surface area contributed by atoms with Gasteiger partial charge in [0.1, 0.15) is 5.75 Å². The predicted octanol–water partition coefficient (Wildman–Crippen LogP) is 4.19. The number of rotatable bonds is 5. The summed E-state index contributed by atoms with van der Waals surface area (Å²) < 4.78 is 0. The van der Waals surface area contributed by atoms with Crippen LogP contribution in [0.2, 0.25) is 0 Å². The highest BCUT2D eigenvalue weighted by molar-refractivity contribution is 5.28. The van der Waals surface area contributed by atoms with Gasteiger partial charge in [0.15, 0.2) is 0 Å². The van der Waals surface area contributed by atoms with E-state index in [1.807, 2.05) is 18.2 Å². The topological polar surface area (TPSA) is 32.3 Å². The van der Waals surface area contributed by atoms with Crippen LogP contribution in [0.5, 0.6) is 5.75 Å². The van der Waals surface area contributed by atoms with Crippen LogP contribution in [-0.2, 0) is 0 Å². The minimum absolute atomic E-state index is 0.255. The molecule has 0 aliphatic carbocycles. The van der Waals surface area contributed by atoms with Crippen molar-refractivity contribution < 1.29 is 5.11 Å². The van der Waals surface area contributed by atoms with Crippen molar-refractivity contribution in [3.63, 3.8) is 0 Å². The van der Waals surface area contributed by atoms with Crippen LogP contribution in [0, 0.1) is 0 Å². The van der Waals surface area contributed by atoms with Gasteiger partial charge in [-0.15, -0.1) is 0 Å². The molecule has 0 aliphatic heterocycles. The molecular weight excluding hydrogens is 234 g/mol. The zero-order valence-corrected chi connectivity index (χ0v) is 11.5. The Kier molecular flexibility index (Phi) is 4.58. The van der Waals surface area contributed by atoms with Crippen LogP contribution in [0.4, 0.5) is 0 Å². The Morgan fingerprint density at radius 2 is 1.58 bits per heavy atom. The SMILES string of the molecule is CCC(NC(C)c1ccc(O)cc1)c1ccccc1. The molecule has 2 nitrogen and oxygen atoms in total. The predicted molar refractivity (Wildman–Crippen MR) is 79.1 cm³/mol. The number of hydrogen-bond acceptors (Lipinski definition) is 2. The molecule has 0 saturated heterocycles. The van der Waals surface area contributed by atoms with E-state index in [-0.39, 0.29) is 6.04 Å². The molecule has 100 valence electrons. The number of phenolic OH excluding ortho intramolecular Hbond substituents is 1. The van der Waals surface area contributed by atoms with Gasteiger partial charge in [0.25, 0.3) is 0 Å². The summed E-state index contributed by atoms with van der Waals surface area (Å²) in [4.78, 5) is 0. The van der Waals surface area contributed by atoms with Crippen LogP contribution in [-0.4, -0.2) is 5.11 Å². The molecular formula is C17H21NO. The lowest BCUT2D eigenvalue weighted by atomic mass is 10.0. The fourth-order valence-corrected chi connectivity index (χ4v) is 2.30. The Balaban J connectivity index is 2.08. The second kappa shape index (κ2) is 6.39. The molecule has 2 aromatic carbocycles. The molecule has 0 saturated carbocycles. The Labute approximate surface area is 115 Å². The van der Waals surface area contributed by atoms with E-state index < -0.39 is 0 Å². The van der Waals surface area contributed by atoms with Gasteiger partial charge in [0.2, 0.25) is 0 Å². The molecule has 0 radical (unpaired) electrons. The van der Waals surface area contributed by atoms with E-state index >= 15 is 0 Å². The molecule has 2 N–H and O–H groups in total. The Morgan fingerprint density at radius 3 is 2.16 bits per heavy atom. The van der Waals surface area contributed by atoms with Crippen LogP contribution in [0.1, 0.15) is 43.5 Å². The molecule has 0 aromatic heterocycles. The highest BCUT2D eigenvalue weighted by atomic mass is 16.3. The second-order valence-corrected chi connectivity index (χ2v) is 4.85. The number of phenols is 1. The van der Waals surface area contributed by atoms with Gasteiger partial charge in [-0.05, 0) is 36.6 Å². The van der Waals surface area contributed by atoms with E-state index in [9.17, 15) is 5.11 Å². The van der Waals surface area contributed by atoms with Crippen molar-refractivity contribution in [2.45, 2.75) is 32.4 Å². The van der Waals surface area contributed by atoms with Gasteiger partial charge in [0, 0.05) is 12.1 Å². The summed E-state index contributed by atoms with van der Waals surface area (Å²) in [5, 5.41) is 13.0. The summed E-state index contributed by atoms with van der Waals surface area (Å²) in [7, 11) is 0. The summed E-state index contributed by atoms with van der Waals surface area (Å²) >= 11 is 0. The van der Waals surface area contributed by atoms with Crippen molar-refractivity contribution in [2.24, 2.45) is 0 Å². The summed E-state index contributed by atoms with van der Waals surface area (Å²) in [6.07, 6.45) is 1.05. The molecule has 19 heavy (non-hydrogen) atoms. The van der Waals surface area contributed by atoms with Gasteiger partial charge in [-0.1, -0.05) is 49.4 Å². The van der Waals surface area contributed by atoms with Crippen LogP contribution in [0.3, 0.4) is 0 Å². The van der Waals surface area contributed by atoms with Crippen LogP contribution in [0.25, 0.3) is 0 Å². The van der Waals surface area contributed by atoms with Gasteiger partial charge >= 0.3 is 0 Å². The molecule has 2 unspecified atom stereocenters. The molecule has 2 heteroatoms.